The van der Waals surface area contributed by atoms with Gasteiger partial charge in [-0.25, -0.2) is 0 Å². The van der Waals surface area contributed by atoms with Crippen molar-refractivity contribution in [1.29, 1.82) is 0 Å². The first-order valence-corrected chi connectivity index (χ1v) is 9.26. The first kappa shape index (κ1) is 20.3. The SMILES string of the molecule is COc1ccccc1C(CCN(C)C(C)(C)C)c1cc(C)ccc1OC. The van der Waals surface area contributed by atoms with E-state index in [1.54, 1.807) is 14.2 Å². The fourth-order valence-corrected chi connectivity index (χ4v) is 3.22. The molecule has 0 aliphatic carbocycles. The summed E-state index contributed by atoms with van der Waals surface area (Å²) in [5, 5.41) is 0. The smallest absolute Gasteiger partial charge is 0.122 e. The minimum absolute atomic E-state index is 0.141. The monoisotopic (exact) mass is 355 g/mol. The van der Waals surface area contributed by atoms with E-state index in [9.17, 15) is 0 Å². The quantitative estimate of drug-likeness (QED) is 0.676. The van der Waals surface area contributed by atoms with Gasteiger partial charge < -0.3 is 14.4 Å². The topological polar surface area (TPSA) is 21.7 Å². The number of ether oxygens (including phenoxy) is 2. The number of hydrogen-bond acceptors (Lipinski definition) is 3. The van der Waals surface area contributed by atoms with Crippen molar-refractivity contribution in [2.75, 3.05) is 27.8 Å². The molecule has 26 heavy (non-hydrogen) atoms. The average molecular weight is 356 g/mol. The highest BCUT2D eigenvalue weighted by atomic mass is 16.5. The highest BCUT2D eigenvalue weighted by Crippen LogP contribution is 2.39. The molecule has 3 nitrogen and oxygen atoms in total. The van der Waals surface area contributed by atoms with E-state index in [0.717, 1.165) is 24.5 Å². The standard InChI is InChI=1S/C23H33NO2/c1-17-12-13-22(26-7)20(16-17)18(14-15-24(5)23(2,3)4)19-10-8-9-11-21(19)25-6/h8-13,16,18H,14-15H2,1-7H3. The molecule has 2 aromatic rings. The highest BCUT2D eigenvalue weighted by molar-refractivity contribution is 5.48. The van der Waals surface area contributed by atoms with Gasteiger partial charge in [-0.15, -0.1) is 0 Å². The van der Waals surface area contributed by atoms with Crippen LogP contribution in [-0.4, -0.2) is 38.3 Å². The van der Waals surface area contributed by atoms with E-state index < -0.39 is 0 Å². The van der Waals surface area contributed by atoms with Gasteiger partial charge in [0.25, 0.3) is 0 Å². The van der Waals surface area contributed by atoms with Crippen LogP contribution in [0.25, 0.3) is 0 Å². The predicted octanol–water partition coefficient (Wildman–Crippen LogP) is 5.26. The Hall–Kier alpha value is -2.00. The summed E-state index contributed by atoms with van der Waals surface area (Å²) >= 11 is 0. The molecule has 0 fully saturated rings. The molecule has 0 spiro atoms. The second-order valence-electron chi connectivity index (χ2n) is 7.92. The third-order valence-corrected chi connectivity index (χ3v) is 5.17. The summed E-state index contributed by atoms with van der Waals surface area (Å²) in [6.45, 7) is 9.86. The summed E-state index contributed by atoms with van der Waals surface area (Å²) in [6.07, 6.45) is 0.994. The second-order valence-corrected chi connectivity index (χ2v) is 7.92. The second kappa shape index (κ2) is 8.59. The Labute approximate surface area is 158 Å². The molecule has 0 amide bonds. The summed E-state index contributed by atoms with van der Waals surface area (Å²) in [5.41, 5.74) is 3.81. The Bertz CT molecular complexity index is 718. The molecule has 1 unspecified atom stereocenters. The van der Waals surface area contributed by atoms with Gasteiger partial charge in [0.2, 0.25) is 0 Å². The lowest BCUT2D eigenvalue weighted by atomic mass is 9.86. The molecular weight excluding hydrogens is 322 g/mol. The molecule has 0 heterocycles. The average Bonchev–Trinajstić information content (AvgIpc) is 2.61. The van der Waals surface area contributed by atoms with Crippen LogP contribution < -0.4 is 9.47 Å². The Balaban J connectivity index is 2.47. The summed E-state index contributed by atoms with van der Waals surface area (Å²) in [6, 6.07) is 14.7. The molecule has 0 aliphatic rings. The molecule has 0 N–H and O–H groups in total. The number of hydrogen-bond donors (Lipinski definition) is 0. The summed E-state index contributed by atoms with van der Waals surface area (Å²) < 4.78 is 11.4. The van der Waals surface area contributed by atoms with E-state index in [4.69, 9.17) is 9.47 Å². The largest absolute Gasteiger partial charge is 0.496 e. The lowest BCUT2D eigenvalue weighted by Gasteiger charge is -2.33. The predicted molar refractivity (Wildman–Crippen MR) is 110 cm³/mol. The van der Waals surface area contributed by atoms with Gasteiger partial charge in [-0.05, 0) is 59.8 Å². The van der Waals surface area contributed by atoms with Crippen LogP contribution in [0.1, 0.15) is 49.8 Å². The number of benzene rings is 2. The summed E-state index contributed by atoms with van der Waals surface area (Å²) in [5.74, 6) is 2.08. The van der Waals surface area contributed by atoms with Crippen molar-refractivity contribution < 1.29 is 9.47 Å². The maximum Gasteiger partial charge on any atom is 0.122 e. The Morgan fingerprint density at radius 2 is 1.54 bits per heavy atom. The highest BCUT2D eigenvalue weighted by Gasteiger charge is 2.24. The van der Waals surface area contributed by atoms with Crippen LogP contribution in [-0.2, 0) is 0 Å². The van der Waals surface area contributed by atoms with E-state index in [2.05, 4.69) is 70.0 Å². The Kier molecular flexibility index (Phi) is 6.71. The van der Waals surface area contributed by atoms with E-state index in [1.165, 1.54) is 16.7 Å². The van der Waals surface area contributed by atoms with Crippen LogP contribution in [0.2, 0.25) is 0 Å². The molecule has 2 rings (SSSR count). The molecule has 0 radical (unpaired) electrons. The van der Waals surface area contributed by atoms with Gasteiger partial charge in [0.05, 0.1) is 14.2 Å². The van der Waals surface area contributed by atoms with Gasteiger partial charge in [0.1, 0.15) is 11.5 Å². The maximum atomic E-state index is 5.70. The van der Waals surface area contributed by atoms with Crippen LogP contribution in [0, 0.1) is 6.92 Å². The van der Waals surface area contributed by atoms with Gasteiger partial charge in [0.15, 0.2) is 0 Å². The van der Waals surface area contributed by atoms with Crippen molar-refractivity contribution in [3.05, 3.63) is 59.2 Å². The van der Waals surface area contributed by atoms with E-state index >= 15 is 0 Å². The number of aryl methyl sites for hydroxylation is 1. The van der Waals surface area contributed by atoms with Crippen molar-refractivity contribution in [2.24, 2.45) is 0 Å². The first-order chi connectivity index (χ1) is 12.3. The molecule has 0 saturated carbocycles. The third-order valence-electron chi connectivity index (χ3n) is 5.17. The lowest BCUT2D eigenvalue weighted by Crippen LogP contribution is -2.39. The number of rotatable bonds is 7. The molecule has 0 aliphatic heterocycles. The van der Waals surface area contributed by atoms with Gasteiger partial charge in [0, 0.05) is 22.6 Å². The lowest BCUT2D eigenvalue weighted by molar-refractivity contribution is 0.171. The van der Waals surface area contributed by atoms with Crippen molar-refractivity contribution in [1.82, 2.24) is 4.90 Å². The Morgan fingerprint density at radius 1 is 0.923 bits per heavy atom. The van der Waals surface area contributed by atoms with Crippen molar-refractivity contribution in [3.8, 4) is 11.5 Å². The molecule has 1 atom stereocenters. The minimum atomic E-state index is 0.141. The van der Waals surface area contributed by atoms with E-state index in [-0.39, 0.29) is 11.5 Å². The van der Waals surface area contributed by atoms with Crippen LogP contribution in [0.15, 0.2) is 42.5 Å². The van der Waals surface area contributed by atoms with Crippen LogP contribution in [0.3, 0.4) is 0 Å². The molecule has 0 saturated heterocycles. The zero-order valence-electron chi connectivity index (χ0n) is 17.3. The molecule has 2 aromatic carbocycles. The summed E-state index contributed by atoms with van der Waals surface area (Å²) in [4.78, 5) is 2.40. The van der Waals surface area contributed by atoms with E-state index in [1.807, 2.05) is 12.1 Å². The van der Waals surface area contributed by atoms with Crippen molar-refractivity contribution in [3.63, 3.8) is 0 Å². The number of methoxy groups -OCH3 is 2. The first-order valence-electron chi connectivity index (χ1n) is 9.26. The zero-order chi connectivity index (χ0) is 19.3. The molecule has 3 heteroatoms. The maximum absolute atomic E-state index is 5.70. The van der Waals surface area contributed by atoms with Gasteiger partial charge >= 0.3 is 0 Å². The normalized spacial score (nSPS) is 12.9. The minimum Gasteiger partial charge on any atom is -0.496 e. The van der Waals surface area contributed by atoms with Crippen LogP contribution in [0.5, 0.6) is 11.5 Å². The molecular formula is C23H33NO2. The fourth-order valence-electron chi connectivity index (χ4n) is 3.22. The number of para-hydroxylation sites is 1. The number of nitrogens with zero attached hydrogens (tertiary/aromatic N) is 1. The Morgan fingerprint density at radius 3 is 2.15 bits per heavy atom. The van der Waals surface area contributed by atoms with Gasteiger partial charge in [-0.2, -0.15) is 0 Å². The van der Waals surface area contributed by atoms with E-state index in [0.29, 0.717) is 0 Å². The third kappa shape index (κ3) is 4.79. The van der Waals surface area contributed by atoms with Crippen LogP contribution in [0.4, 0.5) is 0 Å². The molecule has 0 aromatic heterocycles. The van der Waals surface area contributed by atoms with Gasteiger partial charge in [-0.3, -0.25) is 0 Å². The van der Waals surface area contributed by atoms with Crippen LogP contribution >= 0.6 is 0 Å². The summed E-state index contributed by atoms with van der Waals surface area (Å²) in [7, 11) is 5.67. The van der Waals surface area contributed by atoms with Crippen molar-refractivity contribution >= 4 is 0 Å². The molecule has 0 bridgehead atoms. The zero-order valence-corrected chi connectivity index (χ0v) is 17.3. The van der Waals surface area contributed by atoms with Crippen molar-refractivity contribution in [2.45, 2.75) is 45.6 Å². The van der Waals surface area contributed by atoms with Gasteiger partial charge in [-0.1, -0.05) is 35.9 Å². The fraction of sp³-hybridized carbons (Fsp3) is 0.478. The molecule has 142 valence electrons.